The minimum atomic E-state index is 0.718. The molecule has 0 saturated heterocycles. The van der Waals surface area contributed by atoms with Gasteiger partial charge in [0.2, 0.25) is 0 Å². The van der Waals surface area contributed by atoms with Gasteiger partial charge in [-0.15, -0.1) is 11.3 Å². The molecule has 2 fully saturated rings. The van der Waals surface area contributed by atoms with Gasteiger partial charge < -0.3 is 5.32 Å². The van der Waals surface area contributed by atoms with E-state index in [2.05, 4.69) is 35.4 Å². The highest BCUT2D eigenvalue weighted by molar-refractivity contribution is 7.18. The van der Waals surface area contributed by atoms with Gasteiger partial charge in [-0.05, 0) is 56.2 Å². The summed E-state index contributed by atoms with van der Waals surface area (Å²) < 4.78 is 1.31. The standard InChI is InChI=1S/C15H18N2S/c1-9-16-13-5-4-12(8-15(13)18-9)17-14-7-10-2-3-11(14)6-10/h4-5,8,10-11,14,17H,2-3,6-7H2,1H3. The number of thiazole rings is 1. The number of aromatic nitrogens is 1. The number of nitrogens with one attached hydrogen (secondary N) is 1. The van der Waals surface area contributed by atoms with Gasteiger partial charge in [-0.2, -0.15) is 0 Å². The maximum Gasteiger partial charge on any atom is 0.0907 e. The molecule has 1 aromatic carbocycles. The van der Waals surface area contributed by atoms with Gasteiger partial charge in [-0.1, -0.05) is 6.42 Å². The van der Waals surface area contributed by atoms with Gasteiger partial charge in [-0.25, -0.2) is 4.98 Å². The van der Waals surface area contributed by atoms with Gasteiger partial charge in [0.25, 0.3) is 0 Å². The van der Waals surface area contributed by atoms with Crippen molar-refractivity contribution in [1.29, 1.82) is 0 Å². The zero-order valence-corrected chi connectivity index (χ0v) is 11.5. The summed E-state index contributed by atoms with van der Waals surface area (Å²) in [6, 6.07) is 7.32. The molecule has 2 aliphatic rings. The average molecular weight is 258 g/mol. The lowest BCUT2D eigenvalue weighted by molar-refractivity contribution is 0.440. The van der Waals surface area contributed by atoms with Crippen molar-refractivity contribution in [3.63, 3.8) is 0 Å². The summed E-state index contributed by atoms with van der Waals surface area (Å²) in [7, 11) is 0. The Morgan fingerprint density at radius 3 is 3.00 bits per heavy atom. The van der Waals surface area contributed by atoms with E-state index in [9.17, 15) is 0 Å². The number of nitrogens with zero attached hydrogens (tertiary/aromatic N) is 1. The number of hydrogen-bond donors (Lipinski definition) is 1. The topological polar surface area (TPSA) is 24.9 Å². The molecule has 2 aliphatic carbocycles. The Morgan fingerprint density at radius 1 is 1.28 bits per heavy atom. The zero-order valence-electron chi connectivity index (χ0n) is 10.6. The third kappa shape index (κ3) is 1.72. The lowest BCUT2D eigenvalue weighted by Crippen LogP contribution is -2.25. The van der Waals surface area contributed by atoms with Crippen LogP contribution in [0.15, 0.2) is 18.2 Å². The third-order valence-electron chi connectivity index (χ3n) is 4.59. The Kier molecular flexibility index (Phi) is 2.37. The van der Waals surface area contributed by atoms with Gasteiger partial charge >= 0.3 is 0 Å². The fourth-order valence-electron chi connectivity index (χ4n) is 3.77. The van der Waals surface area contributed by atoms with Crippen LogP contribution in [0.1, 0.15) is 30.7 Å². The molecule has 2 saturated carbocycles. The Balaban J connectivity index is 1.59. The second kappa shape index (κ2) is 3.95. The fraction of sp³-hybridized carbons (Fsp3) is 0.533. The van der Waals surface area contributed by atoms with Crippen LogP contribution in [0.3, 0.4) is 0 Å². The largest absolute Gasteiger partial charge is 0.382 e. The zero-order chi connectivity index (χ0) is 12.1. The van der Waals surface area contributed by atoms with Crippen molar-refractivity contribution in [2.45, 2.75) is 38.6 Å². The average Bonchev–Trinajstić information content (AvgIpc) is 3.01. The maximum atomic E-state index is 4.51. The summed E-state index contributed by atoms with van der Waals surface area (Å²) in [5.74, 6) is 1.93. The molecule has 4 rings (SSSR count). The Hall–Kier alpha value is -1.09. The number of fused-ring (bicyclic) bond motifs is 3. The van der Waals surface area contributed by atoms with E-state index in [-0.39, 0.29) is 0 Å². The number of anilines is 1. The molecule has 0 aliphatic heterocycles. The molecule has 3 atom stereocenters. The first-order valence-corrected chi connectivity index (χ1v) is 7.73. The molecule has 0 spiro atoms. The summed E-state index contributed by atoms with van der Waals surface area (Å²) in [5.41, 5.74) is 2.42. The van der Waals surface area contributed by atoms with Crippen LogP contribution in [-0.2, 0) is 0 Å². The first-order valence-electron chi connectivity index (χ1n) is 6.91. The Bertz CT molecular complexity index is 589. The minimum Gasteiger partial charge on any atom is -0.382 e. The molecular weight excluding hydrogens is 240 g/mol. The van der Waals surface area contributed by atoms with E-state index in [0.29, 0.717) is 0 Å². The molecule has 0 radical (unpaired) electrons. The third-order valence-corrected chi connectivity index (χ3v) is 5.52. The summed E-state index contributed by atoms with van der Waals surface area (Å²) in [6.45, 7) is 2.08. The van der Waals surface area contributed by atoms with Gasteiger partial charge in [0, 0.05) is 11.7 Å². The second-order valence-electron chi connectivity index (χ2n) is 5.84. The van der Waals surface area contributed by atoms with E-state index in [1.165, 1.54) is 36.1 Å². The molecule has 1 N–H and O–H groups in total. The van der Waals surface area contributed by atoms with Crippen molar-refractivity contribution in [1.82, 2.24) is 4.98 Å². The molecule has 2 aromatic rings. The molecule has 0 amide bonds. The van der Waals surface area contributed by atoms with Crippen LogP contribution in [0, 0.1) is 18.8 Å². The van der Waals surface area contributed by atoms with Crippen molar-refractivity contribution < 1.29 is 0 Å². The lowest BCUT2D eigenvalue weighted by atomic mass is 9.95. The SMILES string of the molecule is Cc1nc2ccc(NC3CC4CCC3C4)cc2s1. The normalized spacial score (nSPS) is 30.2. The molecule has 1 heterocycles. The van der Waals surface area contributed by atoms with E-state index >= 15 is 0 Å². The monoisotopic (exact) mass is 258 g/mol. The molecule has 18 heavy (non-hydrogen) atoms. The van der Waals surface area contributed by atoms with E-state index in [4.69, 9.17) is 0 Å². The first kappa shape index (κ1) is 10.8. The van der Waals surface area contributed by atoms with Crippen molar-refractivity contribution in [2.24, 2.45) is 11.8 Å². The summed E-state index contributed by atoms with van der Waals surface area (Å²) >= 11 is 1.79. The van der Waals surface area contributed by atoms with E-state index in [0.717, 1.165) is 28.4 Å². The molecule has 2 nitrogen and oxygen atoms in total. The van der Waals surface area contributed by atoms with Crippen LogP contribution >= 0.6 is 11.3 Å². The van der Waals surface area contributed by atoms with Crippen LogP contribution < -0.4 is 5.32 Å². The Morgan fingerprint density at radius 2 is 2.22 bits per heavy atom. The van der Waals surface area contributed by atoms with E-state index in [1.807, 2.05) is 0 Å². The maximum absolute atomic E-state index is 4.51. The summed E-state index contributed by atoms with van der Waals surface area (Å²) in [5, 5.41) is 4.91. The second-order valence-corrected chi connectivity index (χ2v) is 7.08. The number of aryl methyl sites for hydroxylation is 1. The number of benzene rings is 1. The van der Waals surface area contributed by atoms with Crippen molar-refractivity contribution in [3.05, 3.63) is 23.2 Å². The molecular formula is C15H18N2S. The molecule has 3 heteroatoms. The summed E-state index contributed by atoms with van der Waals surface area (Å²) in [6.07, 6.45) is 5.74. The summed E-state index contributed by atoms with van der Waals surface area (Å²) in [4.78, 5) is 4.51. The van der Waals surface area contributed by atoms with Crippen molar-refractivity contribution in [3.8, 4) is 0 Å². The van der Waals surface area contributed by atoms with E-state index < -0.39 is 0 Å². The number of rotatable bonds is 2. The highest BCUT2D eigenvalue weighted by Crippen LogP contribution is 2.45. The van der Waals surface area contributed by atoms with Gasteiger partial charge in [0.05, 0.1) is 15.2 Å². The van der Waals surface area contributed by atoms with Crippen LogP contribution in [0.5, 0.6) is 0 Å². The van der Waals surface area contributed by atoms with Crippen LogP contribution in [0.2, 0.25) is 0 Å². The first-order chi connectivity index (χ1) is 8.78. The van der Waals surface area contributed by atoms with Crippen LogP contribution in [0.25, 0.3) is 10.2 Å². The molecule has 1 aromatic heterocycles. The van der Waals surface area contributed by atoms with Crippen molar-refractivity contribution >= 4 is 27.2 Å². The number of hydrogen-bond acceptors (Lipinski definition) is 3. The van der Waals surface area contributed by atoms with E-state index in [1.54, 1.807) is 11.3 Å². The highest BCUT2D eigenvalue weighted by Gasteiger charge is 2.39. The van der Waals surface area contributed by atoms with Crippen LogP contribution in [0.4, 0.5) is 5.69 Å². The van der Waals surface area contributed by atoms with Gasteiger partial charge in [0.1, 0.15) is 0 Å². The fourth-order valence-corrected chi connectivity index (χ4v) is 4.63. The predicted octanol–water partition coefficient (Wildman–Crippen LogP) is 4.21. The van der Waals surface area contributed by atoms with Gasteiger partial charge in [0.15, 0.2) is 0 Å². The molecule has 2 bridgehead atoms. The Labute approximate surface area is 111 Å². The molecule has 94 valence electrons. The van der Waals surface area contributed by atoms with Crippen LogP contribution in [-0.4, -0.2) is 11.0 Å². The minimum absolute atomic E-state index is 0.718. The van der Waals surface area contributed by atoms with Gasteiger partial charge in [-0.3, -0.25) is 0 Å². The molecule has 3 unspecified atom stereocenters. The van der Waals surface area contributed by atoms with Crippen molar-refractivity contribution in [2.75, 3.05) is 5.32 Å². The lowest BCUT2D eigenvalue weighted by Gasteiger charge is -2.23. The quantitative estimate of drug-likeness (QED) is 0.873. The highest BCUT2D eigenvalue weighted by atomic mass is 32.1. The predicted molar refractivity (Wildman–Crippen MR) is 77.2 cm³/mol. The smallest absolute Gasteiger partial charge is 0.0907 e.